The summed E-state index contributed by atoms with van der Waals surface area (Å²) < 4.78 is 0.823. The molecule has 1 aliphatic rings. The van der Waals surface area contributed by atoms with E-state index in [-0.39, 0.29) is 28.9 Å². The normalized spacial score (nSPS) is 16.7. The average Bonchev–Trinajstić information content (AvgIpc) is 3.19. The first-order valence-corrected chi connectivity index (χ1v) is 10.5. The van der Waals surface area contributed by atoms with Crippen LogP contribution in [-0.2, 0) is 4.79 Å². The molecule has 0 bridgehead atoms. The number of carbonyl (C=O) groups is 2. The molecule has 2 heterocycles. The van der Waals surface area contributed by atoms with Crippen molar-refractivity contribution in [2.45, 2.75) is 11.7 Å². The number of aromatic nitrogens is 1. The number of aromatic amines is 1. The van der Waals surface area contributed by atoms with Gasteiger partial charge in [0.1, 0.15) is 5.25 Å². The lowest BCUT2D eigenvalue weighted by Crippen LogP contribution is -2.16. The Balaban J connectivity index is 1.47. The fourth-order valence-corrected chi connectivity index (χ4v) is 4.16. The number of ketones is 1. The standard InChI is InChI=1S/C19H12BrClN4O3S/c20-10-3-6-13-12(7-10)16(18(28)22-13)24-25-19-23-17(27)15(29-19)8-14(26)9-1-4-11(21)5-2-9/h1-7,15,22,28H,8H2. The summed E-state index contributed by atoms with van der Waals surface area (Å²) in [6.07, 6.45) is -0.00106. The molecule has 0 saturated heterocycles. The smallest absolute Gasteiger partial charge is 0.262 e. The van der Waals surface area contributed by atoms with Gasteiger partial charge >= 0.3 is 0 Å². The third-order valence-corrected chi connectivity index (χ3v) is 6.00. The van der Waals surface area contributed by atoms with Crippen LogP contribution in [0.3, 0.4) is 0 Å². The molecule has 3 aromatic rings. The van der Waals surface area contributed by atoms with Crippen molar-refractivity contribution >= 4 is 72.7 Å². The van der Waals surface area contributed by atoms with Gasteiger partial charge in [0.2, 0.25) is 11.0 Å². The van der Waals surface area contributed by atoms with E-state index >= 15 is 0 Å². The van der Waals surface area contributed by atoms with Crippen molar-refractivity contribution in [3.8, 4) is 5.88 Å². The van der Waals surface area contributed by atoms with Gasteiger partial charge in [-0.1, -0.05) is 39.3 Å². The van der Waals surface area contributed by atoms with Crippen LogP contribution in [0.2, 0.25) is 5.02 Å². The van der Waals surface area contributed by atoms with Crippen LogP contribution in [0.4, 0.5) is 5.69 Å². The molecule has 0 radical (unpaired) electrons. The second-order valence-electron chi connectivity index (χ2n) is 6.19. The lowest BCUT2D eigenvalue weighted by atomic mass is 10.1. The number of rotatable bonds is 4. The number of amidine groups is 1. The number of halogens is 2. The molecular weight excluding hydrogens is 480 g/mol. The highest BCUT2D eigenvalue weighted by Gasteiger charge is 2.31. The Labute approximate surface area is 182 Å². The van der Waals surface area contributed by atoms with Crippen molar-refractivity contribution in [1.82, 2.24) is 4.98 Å². The lowest BCUT2D eigenvalue weighted by molar-refractivity contribution is -0.117. The van der Waals surface area contributed by atoms with Crippen molar-refractivity contribution in [1.29, 1.82) is 0 Å². The van der Waals surface area contributed by atoms with Crippen molar-refractivity contribution in [2.75, 3.05) is 0 Å². The summed E-state index contributed by atoms with van der Waals surface area (Å²) in [4.78, 5) is 31.2. The van der Waals surface area contributed by atoms with Gasteiger partial charge in [0.05, 0.1) is 5.52 Å². The number of amides is 1. The number of aromatic hydroxyl groups is 1. The van der Waals surface area contributed by atoms with Gasteiger partial charge in [-0.05, 0) is 42.5 Å². The van der Waals surface area contributed by atoms with E-state index in [2.05, 4.69) is 36.1 Å². The number of carbonyl (C=O) groups excluding carboxylic acids is 2. The summed E-state index contributed by atoms with van der Waals surface area (Å²) in [6.45, 7) is 0. The van der Waals surface area contributed by atoms with Crippen LogP contribution < -0.4 is 0 Å². The Bertz CT molecular complexity index is 1190. The number of nitrogens with zero attached hydrogens (tertiary/aromatic N) is 3. The van der Waals surface area contributed by atoms with E-state index in [0.29, 0.717) is 21.5 Å². The second kappa shape index (κ2) is 8.10. The molecule has 0 aliphatic carbocycles. The maximum atomic E-state index is 12.4. The Morgan fingerprint density at radius 2 is 2.00 bits per heavy atom. The summed E-state index contributed by atoms with van der Waals surface area (Å²) in [5.74, 6) is -0.747. The van der Waals surface area contributed by atoms with Crippen LogP contribution in [0.1, 0.15) is 16.8 Å². The molecule has 1 unspecified atom stereocenters. The number of azo groups is 1. The van der Waals surface area contributed by atoms with E-state index in [1.54, 1.807) is 36.4 Å². The third kappa shape index (κ3) is 4.26. The predicted octanol–water partition coefficient (Wildman–Crippen LogP) is 5.64. The molecule has 1 aromatic heterocycles. The number of benzene rings is 2. The molecule has 29 heavy (non-hydrogen) atoms. The van der Waals surface area contributed by atoms with Crippen LogP contribution >= 0.6 is 39.3 Å². The van der Waals surface area contributed by atoms with E-state index in [9.17, 15) is 14.7 Å². The molecule has 1 amide bonds. The minimum atomic E-state index is -0.655. The lowest BCUT2D eigenvalue weighted by Gasteiger charge is -2.05. The van der Waals surface area contributed by atoms with Gasteiger partial charge < -0.3 is 10.1 Å². The van der Waals surface area contributed by atoms with Crippen molar-refractivity contribution in [3.63, 3.8) is 0 Å². The van der Waals surface area contributed by atoms with Gasteiger partial charge in [-0.3, -0.25) is 9.59 Å². The molecule has 146 valence electrons. The van der Waals surface area contributed by atoms with Gasteiger partial charge in [0.15, 0.2) is 11.5 Å². The maximum Gasteiger partial charge on any atom is 0.262 e. The summed E-state index contributed by atoms with van der Waals surface area (Å²) in [5, 5.41) is 18.8. The molecule has 7 nitrogen and oxygen atoms in total. The van der Waals surface area contributed by atoms with Crippen molar-refractivity contribution in [3.05, 3.63) is 57.5 Å². The first-order valence-electron chi connectivity index (χ1n) is 8.40. The number of hydrogen-bond donors (Lipinski definition) is 2. The quantitative estimate of drug-likeness (QED) is 0.363. The molecule has 1 atom stereocenters. The van der Waals surface area contributed by atoms with Crippen LogP contribution in [0.5, 0.6) is 5.88 Å². The molecule has 0 saturated carbocycles. The number of aliphatic imine (C=N–C) groups is 1. The Morgan fingerprint density at radius 3 is 2.76 bits per heavy atom. The van der Waals surface area contributed by atoms with Crippen molar-refractivity contribution in [2.24, 2.45) is 15.2 Å². The van der Waals surface area contributed by atoms with Gasteiger partial charge in [-0.25, -0.2) is 0 Å². The Hall–Kier alpha value is -2.49. The monoisotopic (exact) mass is 490 g/mol. The van der Waals surface area contributed by atoms with Gasteiger partial charge in [-0.15, -0.1) is 10.2 Å². The number of H-pyrrole nitrogens is 1. The summed E-state index contributed by atoms with van der Waals surface area (Å²) >= 11 is 10.3. The van der Waals surface area contributed by atoms with E-state index in [1.165, 1.54) is 0 Å². The van der Waals surface area contributed by atoms with Crippen LogP contribution in [-0.4, -0.2) is 32.2 Å². The summed E-state index contributed by atoms with van der Waals surface area (Å²) in [5.41, 5.74) is 1.42. The molecule has 10 heteroatoms. The number of nitrogens with one attached hydrogen (secondary N) is 1. The summed E-state index contributed by atoms with van der Waals surface area (Å²) in [7, 11) is 0. The van der Waals surface area contributed by atoms with E-state index in [0.717, 1.165) is 16.2 Å². The highest BCUT2D eigenvalue weighted by atomic mass is 79.9. The molecule has 1 aliphatic heterocycles. The minimum Gasteiger partial charge on any atom is -0.493 e. The van der Waals surface area contributed by atoms with Crippen LogP contribution in [0.15, 0.2) is 62.2 Å². The topological polar surface area (TPSA) is 107 Å². The van der Waals surface area contributed by atoms with E-state index in [4.69, 9.17) is 11.6 Å². The van der Waals surface area contributed by atoms with Crippen LogP contribution in [0, 0.1) is 0 Å². The molecular formula is C19H12BrClN4O3S. The Morgan fingerprint density at radius 1 is 1.24 bits per heavy atom. The van der Waals surface area contributed by atoms with Crippen LogP contribution in [0.25, 0.3) is 10.9 Å². The SMILES string of the molecule is O=C(CC1SC(N=Nc2c(O)[nH]c3ccc(Br)cc23)=NC1=O)c1ccc(Cl)cc1. The fourth-order valence-electron chi connectivity index (χ4n) is 2.80. The molecule has 4 rings (SSSR count). The largest absolute Gasteiger partial charge is 0.493 e. The van der Waals surface area contributed by atoms with Gasteiger partial charge in [0, 0.05) is 26.9 Å². The highest BCUT2D eigenvalue weighted by molar-refractivity contribution is 9.10. The molecule has 0 spiro atoms. The van der Waals surface area contributed by atoms with Crippen molar-refractivity contribution < 1.29 is 14.7 Å². The fraction of sp³-hybridized carbons (Fsp3) is 0.105. The van der Waals surface area contributed by atoms with Gasteiger partial charge in [-0.2, -0.15) is 4.99 Å². The predicted molar refractivity (Wildman–Crippen MR) is 116 cm³/mol. The number of thioether (sulfide) groups is 1. The molecule has 0 fully saturated rings. The minimum absolute atomic E-state index is 0.00106. The molecule has 2 aromatic carbocycles. The summed E-state index contributed by atoms with van der Waals surface area (Å²) in [6, 6.07) is 11.9. The average molecular weight is 492 g/mol. The van der Waals surface area contributed by atoms with E-state index in [1.807, 2.05) is 6.07 Å². The Kier molecular flexibility index (Phi) is 5.53. The maximum absolute atomic E-state index is 12.4. The van der Waals surface area contributed by atoms with E-state index < -0.39 is 11.2 Å². The van der Waals surface area contributed by atoms with Gasteiger partial charge in [0.25, 0.3) is 5.91 Å². The zero-order chi connectivity index (χ0) is 20.5. The molecule has 2 N–H and O–H groups in total. The highest BCUT2D eigenvalue weighted by Crippen LogP contribution is 2.37. The number of Topliss-reactive ketones (excluding diaryl/α,β-unsaturated/α-hetero) is 1. The zero-order valence-corrected chi connectivity index (χ0v) is 17.8. The second-order valence-corrected chi connectivity index (χ2v) is 8.71. The third-order valence-electron chi connectivity index (χ3n) is 4.22. The number of hydrogen-bond acceptors (Lipinski definition) is 6. The number of fused-ring (bicyclic) bond motifs is 1. The first kappa shape index (κ1) is 19.8. The first-order chi connectivity index (χ1) is 13.9. The zero-order valence-electron chi connectivity index (χ0n) is 14.6.